The third-order valence-electron chi connectivity index (χ3n) is 5.83. The molecule has 4 rings (SSSR count). The monoisotopic (exact) mass is 381 g/mol. The molecule has 2 aromatic heterocycles. The summed E-state index contributed by atoms with van der Waals surface area (Å²) < 4.78 is 1.25. The van der Waals surface area contributed by atoms with E-state index in [0.29, 0.717) is 0 Å². The summed E-state index contributed by atoms with van der Waals surface area (Å²) in [7, 11) is 0. The minimum atomic E-state index is 0.766. The molecule has 0 atom stereocenters. The Labute approximate surface area is 165 Å². The second-order valence-electron chi connectivity index (χ2n) is 7.71. The van der Waals surface area contributed by atoms with Crippen molar-refractivity contribution in [3.05, 3.63) is 47.8 Å². The Balaban J connectivity index is 1.83. The van der Waals surface area contributed by atoms with Crippen LogP contribution < -0.4 is 4.73 Å². The molecule has 4 heteroatoms. The first-order valence-electron chi connectivity index (χ1n) is 10.2. The van der Waals surface area contributed by atoms with Gasteiger partial charge in [0, 0.05) is 17.4 Å². The number of aryl methyl sites for hydroxylation is 1. The Bertz CT molecular complexity index is 941. The minimum Gasteiger partial charge on any atom is -0.349 e. The molecule has 0 bridgehead atoms. The normalized spacial score (nSPS) is 15.5. The van der Waals surface area contributed by atoms with Gasteiger partial charge in [-0.05, 0) is 58.2 Å². The third-order valence-corrected chi connectivity index (χ3v) is 6.71. The van der Waals surface area contributed by atoms with Crippen LogP contribution in [0, 0.1) is 12.8 Å². The van der Waals surface area contributed by atoms with E-state index in [-0.39, 0.29) is 0 Å². The van der Waals surface area contributed by atoms with Gasteiger partial charge in [-0.25, -0.2) is 4.98 Å². The first-order valence-corrected chi connectivity index (χ1v) is 11.1. The van der Waals surface area contributed by atoms with Crippen LogP contribution in [0.25, 0.3) is 22.2 Å². The number of nitrogens with one attached hydrogen (secondary N) is 1. The van der Waals surface area contributed by atoms with Crippen LogP contribution in [0.15, 0.2) is 41.4 Å². The minimum absolute atomic E-state index is 0.766. The molecule has 1 aliphatic carbocycles. The summed E-state index contributed by atoms with van der Waals surface area (Å²) in [5.74, 6) is 1.88. The van der Waals surface area contributed by atoms with Crippen LogP contribution in [-0.2, 0) is 6.42 Å². The van der Waals surface area contributed by atoms with Crippen LogP contribution >= 0.6 is 11.8 Å². The molecule has 0 radical (unpaired) electrons. The molecule has 2 heterocycles. The first kappa shape index (κ1) is 18.4. The highest BCUT2D eigenvalue weighted by Crippen LogP contribution is 2.36. The summed E-state index contributed by atoms with van der Waals surface area (Å²) in [6, 6.07) is 11.2. The van der Waals surface area contributed by atoms with E-state index in [2.05, 4.69) is 42.2 Å². The van der Waals surface area contributed by atoms with Crippen molar-refractivity contribution >= 4 is 22.8 Å². The molecular formula is C23H29N2OS+. The first-order chi connectivity index (χ1) is 13.2. The van der Waals surface area contributed by atoms with Crippen LogP contribution in [-0.4, -0.2) is 15.9 Å². The number of rotatable bonds is 5. The average Bonchev–Trinajstić information content (AvgIpc) is 3.17. The SMILES string of the molecule is CCSc1ccc(CC2CCCCC2)c(-c2cc(C)[n+](O)c3[nH]ccc23)c1. The molecule has 1 saturated carbocycles. The fourth-order valence-corrected chi connectivity index (χ4v) is 5.14. The van der Waals surface area contributed by atoms with Crippen LogP contribution in [0.2, 0.25) is 0 Å². The van der Waals surface area contributed by atoms with Gasteiger partial charge in [0.1, 0.15) is 5.69 Å². The molecule has 1 aromatic carbocycles. The molecular weight excluding hydrogens is 352 g/mol. The van der Waals surface area contributed by atoms with Crippen molar-refractivity contribution in [3.8, 4) is 11.1 Å². The number of pyridine rings is 1. The van der Waals surface area contributed by atoms with Gasteiger partial charge >= 0.3 is 5.65 Å². The van der Waals surface area contributed by atoms with Crippen LogP contribution in [0.5, 0.6) is 0 Å². The molecule has 1 aliphatic rings. The van der Waals surface area contributed by atoms with E-state index in [1.807, 2.05) is 24.9 Å². The maximum absolute atomic E-state index is 10.4. The van der Waals surface area contributed by atoms with Crippen molar-refractivity contribution in [3.63, 3.8) is 0 Å². The molecule has 142 valence electrons. The van der Waals surface area contributed by atoms with E-state index >= 15 is 0 Å². The van der Waals surface area contributed by atoms with Crippen LogP contribution in [0.1, 0.15) is 50.3 Å². The predicted molar refractivity (Wildman–Crippen MR) is 113 cm³/mol. The highest BCUT2D eigenvalue weighted by atomic mass is 32.2. The maximum Gasteiger partial charge on any atom is 0.326 e. The van der Waals surface area contributed by atoms with Gasteiger partial charge in [-0.2, -0.15) is 0 Å². The van der Waals surface area contributed by atoms with Crippen molar-refractivity contribution in [2.75, 3.05) is 5.75 Å². The van der Waals surface area contributed by atoms with E-state index in [1.54, 1.807) is 0 Å². The van der Waals surface area contributed by atoms with Crippen molar-refractivity contribution in [2.24, 2.45) is 5.92 Å². The number of hydrogen-bond donors (Lipinski definition) is 2. The van der Waals surface area contributed by atoms with E-state index in [9.17, 15) is 5.21 Å². The molecule has 0 unspecified atom stereocenters. The summed E-state index contributed by atoms with van der Waals surface area (Å²) in [6.07, 6.45) is 9.93. The van der Waals surface area contributed by atoms with E-state index < -0.39 is 0 Å². The van der Waals surface area contributed by atoms with Crippen molar-refractivity contribution in [2.45, 2.75) is 57.3 Å². The number of thioether (sulfide) groups is 1. The Kier molecular flexibility index (Phi) is 5.44. The Hall–Kier alpha value is -1.94. The fourth-order valence-electron chi connectivity index (χ4n) is 4.44. The number of aromatic nitrogens is 2. The number of benzene rings is 1. The highest BCUT2D eigenvalue weighted by Gasteiger charge is 2.21. The molecule has 1 fully saturated rings. The zero-order chi connectivity index (χ0) is 18.8. The van der Waals surface area contributed by atoms with Crippen molar-refractivity contribution < 1.29 is 9.94 Å². The zero-order valence-corrected chi connectivity index (χ0v) is 17.1. The van der Waals surface area contributed by atoms with E-state index in [1.165, 1.54) is 58.4 Å². The molecule has 3 nitrogen and oxygen atoms in total. The lowest BCUT2D eigenvalue weighted by Gasteiger charge is -2.23. The van der Waals surface area contributed by atoms with Gasteiger partial charge in [-0.15, -0.1) is 11.8 Å². The number of nitrogens with zero attached hydrogens (tertiary/aromatic N) is 1. The Morgan fingerprint density at radius 3 is 2.70 bits per heavy atom. The van der Waals surface area contributed by atoms with Crippen LogP contribution in [0.4, 0.5) is 0 Å². The van der Waals surface area contributed by atoms with Gasteiger partial charge in [-0.3, -0.25) is 0 Å². The lowest BCUT2D eigenvalue weighted by atomic mass is 9.83. The number of hydrogen-bond acceptors (Lipinski definition) is 2. The number of fused-ring (bicyclic) bond motifs is 1. The van der Waals surface area contributed by atoms with Gasteiger partial charge < -0.3 is 5.21 Å². The average molecular weight is 382 g/mol. The third kappa shape index (κ3) is 3.73. The Morgan fingerprint density at radius 2 is 1.93 bits per heavy atom. The maximum atomic E-state index is 10.4. The summed E-state index contributed by atoms with van der Waals surface area (Å²) in [6.45, 7) is 4.15. The van der Waals surface area contributed by atoms with Gasteiger partial charge in [-0.1, -0.05) is 45.1 Å². The summed E-state index contributed by atoms with van der Waals surface area (Å²) in [5.41, 5.74) is 5.60. The largest absolute Gasteiger partial charge is 0.349 e. The smallest absolute Gasteiger partial charge is 0.326 e. The summed E-state index contributed by atoms with van der Waals surface area (Å²) in [5, 5.41) is 11.4. The molecule has 0 spiro atoms. The van der Waals surface area contributed by atoms with E-state index in [0.717, 1.165) is 34.8 Å². The predicted octanol–water partition coefficient (Wildman–Crippen LogP) is 5.90. The fraction of sp³-hybridized carbons (Fsp3) is 0.435. The summed E-state index contributed by atoms with van der Waals surface area (Å²) >= 11 is 1.89. The second kappa shape index (κ2) is 7.97. The van der Waals surface area contributed by atoms with Crippen molar-refractivity contribution in [1.82, 2.24) is 4.98 Å². The van der Waals surface area contributed by atoms with Crippen molar-refractivity contribution in [1.29, 1.82) is 0 Å². The quantitative estimate of drug-likeness (QED) is 0.328. The molecule has 2 N–H and O–H groups in total. The van der Waals surface area contributed by atoms with E-state index in [4.69, 9.17) is 0 Å². The standard InChI is InChI=1S/C23H28N2OS/c1-3-27-19-10-9-18(14-17-7-5-4-6-8-17)21(15-19)22-13-16(2)25(26)23-20(22)11-12-24-23/h9-13,15,17,26H,3-8,14H2,1-2H3/p+1. The molecule has 0 amide bonds. The molecule has 0 aliphatic heterocycles. The Morgan fingerprint density at radius 1 is 1.11 bits per heavy atom. The molecule has 0 saturated heterocycles. The second-order valence-corrected chi connectivity index (χ2v) is 9.05. The van der Waals surface area contributed by atoms with Gasteiger partial charge in [0.2, 0.25) is 0 Å². The zero-order valence-electron chi connectivity index (χ0n) is 16.3. The molecule has 3 aromatic rings. The lowest BCUT2D eigenvalue weighted by molar-refractivity contribution is -0.889. The molecule has 27 heavy (non-hydrogen) atoms. The highest BCUT2D eigenvalue weighted by molar-refractivity contribution is 7.99. The van der Waals surface area contributed by atoms with Gasteiger partial charge in [0.05, 0.1) is 11.6 Å². The summed E-state index contributed by atoms with van der Waals surface area (Å²) in [4.78, 5) is 4.51. The number of aromatic amines is 1. The topological polar surface area (TPSA) is 39.9 Å². The number of H-pyrrole nitrogens is 1. The van der Waals surface area contributed by atoms with Crippen LogP contribution in [0.3, 0.4) is 0 Å². The lowest BCUT2D eigenvalue weighted by Crippen LogP contribution is -2.34. The van der Waals surface area contributed by atoms with Gasteiger partial charge in [0.15, 0.2) is 0 Å². The van der Waals surface area contributed by atoms with Gasteiger partial charge in [0.25, 0.3) is 0 Å².